The number of rotatable bonds is 8. The largest absolute Gasteiger partial charge is 0.392 e. The number of amides is 1. The molecule has 2 N–H and O–H groups in total. The molecule has 1 fully saturated rings. The van der Waals surface area contributed by atoms with E-state index in [1.807, 2.05) is 72.8 Å². The Morgan fingerprint density at radius 1 is 1.00 bits per heavy atom. The van der Waals surface area contributed by atoms with Gasteiger partial charge in [-0.3, -0.25) is 9.78 Å². The molecule has 5 aromatic rings. The highest BCUT2D eigenvalue weighted by molar-refractivity contribution is 7.99. The van der Waals surface area contributed by atoms with Crippen molar-refractivity contribution >= 4 is 34.4 Å². The van der Waals surface area contributed by atoms with Crippen molar-refractivity contribution < 1.29 is 19.4 Å². The molecule has 0 bridgehead atoms. The Bertz CT molecular complexity index is 1680. The molecule has 0 radical (unpaired) electrons. The van der Waals surface area contributed by atoms with Crippen LogP contribution in [0.1, 0.15) is 46.5 Å². The van der Waals surface area contributed by atoms with Crippen molar-refractivity contribution in [1.82, 2.24) is 30.2 Å². The van der Waals surface area contributed by atoms with Crippen LogP contribution in [0.2, 0.25) is 0 Å². The van der Waals surface area contributed by atoms with E-state index in [9.17, 15) is 9.90 Å². The fourth-order valence-corrected chi connectivity index (χ4v) is 5.81. The molecule has 3 heterocycles. The van der Waals surface area contributed by atoms with Gasteiger partial charge in [-0.2, -0.15) is 0 Å². The lowest BCUT2D eigenvalue weighted by atomic mass is 9.91. The van der Waals surface area contributed by atoms with Crippen LogP contribution in [0.3, 0.4) is 0 Å². The zero-order valence-electron chi connectivity index (χ0n) is 23.0. The zero-order valence-corrected chi connectivity index (χ0v) is 23.8. The number of aliphatic hydroxyl groups is 1. The predicted molar refractivity (Wildman–Crippen MR) is 156 cm³/mol. The Morgan fingerprint density at radius 2 is 1.74 bits per heavy atom. The molecule has 1 amide bonds. The molecule has 42 heavy (non-hydrogen) atoms. The van der Waals surface area contributed by atoms with Crippen molar-refractivity contribution in [3.05, 3.63) is 101 Å². The minimum absolute atomic E-state index is 0.0194. The summed E-state index contributed by atoms with van der Waals surface area (Å²) in [5.41, 5.74) is 4.89. The van der Waals surface area contributed by atoms with Gasteiger partial charge in [0.2, 0.25) is 5.16 Å². The average Bonchev–Trinajstić information content (AvgIpc) is 3.45. The highest BCUT2D eigenvalue weighted by atomic mass is 32.2. The number of thioether (sulfide) groups is 1. The second-order valence-corrected chi connectivity index (χ2v) is 11.0. The lowest BCUT2D eigenvalue weighted by Gasteiger charge is -2.41. The maximum Gasteiger partial charge on any atom is 0.275 e. The Labute approximate surface area is 246 Å². The van der Waals surface area contributed by atoms with Crippen LogP contribution < -0.4 is 5.32 Å². The lowest BCUT2D eigenvalue weighted by molar-refractivity contribution is -0.268. The highest BCUT2D eigenvalue weighted by Gasteiger charge is 2.38. The second-order valence-electron chi connectivity index (χ2n) is 10.0. The van der Waals surface area contributed by atoms with Crippen molar-refractivity contribution in [1.29, 1.82) is 0 Å². The van der Waals surface area contributed by atoms with Gasteiger partial charge in [-0.1, -0.05) is 67.2 Å². The van der Waals surface area contributed by atoms with Crippen LogP contribution in [0.5, 0.6) is 0 Å². The third kappa shape index (κ3) is 6.02. The fraction of sp³-hybridized carbons (Fsp3) is 0.267. The van der Waals surface area contributed by atoms with Crippen LogP contribution in [0, 0.1) is 5.92 Å². The van der Waals surface area contributed by atoms with Crippen LogP contribution in [0.15, 0.2) is 84.1 Å². The summed E-state index contributed by atoms with van der Waals surface area (Å²) in [7, 11) is 1.80. The van der Waals surface area contributed by atoms with Crippen LogP contribution in [0.25, 0.3) is 11.0 Å². The molecule has 4 atom stereocenters. The number of ether oxygens (including phenoxy) is 2. The van der Waals surface area contributed by atoms with Crippen LogP contribution >= 0.6 is 11.8 Å². The van der Waals surface area contributed by atoms with Gasteiger partial charge in [-0.15, -0.1) is 5.10 Å². The number of anilines is 1. The van der Waals surface area contributed by atoms with Gasteiger partial charge in [-0.25, -0.2) is 9.67 Å². The molecule has 1 aliphatic rings. The maximum absolute atomic E-state index is 12.9. The minimum Gasteiger partial charge on any atom is -0.392 e. The SMILES string of the molecule is C[C@H]1[C@@H](CSc2nnnn2C)O[C@@H](c2ccc(NC(=O)c3cnc4ccccc4n3)cc2)O[C@H]1c1ccc(CO)cc1. The van der Waals surface area contributed by atoms with Crippen molar-refractivity contribution in [3.8, 4) is 0 Å². The molecule has 214 valence electrons. The number of hydrogen-bond acceptors (Lipinski definition) is 10. The molecule has 1 saturated heterocycles. The molecular formula is C30H29N7O4S. The molecular weight excluding hydrogens is 554 g/mol. The van der Waals surface area contributed by atoms with Crippen molar-refractivity contribution in [2.24, 2.45) is 13.0 Å². The zero-order chi connectivity index (χ0) is 29.1. The third-order valence-corrected chi connectivity index (χ3v) is 8.30. The smallest absolute Gasteiger partial charge is 0.275 e. The van der Waals surface area contributed by atoms with Gasteiger partial charge in [0.25, 0.3) is 5.91 Å². The van der Waals surface area contributed by atoms with Gasteiger partial charge < -0.3 is 19.9 Å². The normalized spacial score (nSPS) is 20.5. The number of tetrazole rings is 1. The molecule has 2 aromatic heterocycles. The fourth-order valence-electron chi connectivity index (χ4n) is 4.80. The second kappa shape index (κ2) is 12.3. The summed E-state index contributed by atoms with van der Waals surface area (Å²) >= 11 is 1.53. The monoisotopic (exact) mass is 583 g/mol. The quantitative estimate of drug-likeness (QED) is 0.252. The van der Waals surface area contributed by atoms with Crippen LogP contribution in [-0.4, -0.2) is 53.0 Å². The Balaban J connectivity index is 1.19. The number of nitrogens with one attached hydrogen (secondary N) is 1. The summed E-state index contributed by atoms with van der Waals surface area (Å²) in [6.45, 7) is 2.09. The Hall–Kier alpha value is -4.23. The van der Waals surface area contributed by atoms with E-state index in [4.69, 9.17) is 9.47 Å². The number of carbonyl (C=O) groups is 1. The predicted octanol–water partition coefficient (Wildman–Crippen LogP) is 4.48. The van der Waals surface area contributed by atoms with Crippen molar-refractivity contribution in [3.63, 3.8) is 0 Å². The van der Waals surface area contributed by atoms with E-state index in [1.54, 1.807) is 11.7 Å². The number of nitrogens with zero attached hydrogens (tertiary/aromatic N) is 6. The number of benzene rings is 3. The van der Waals surface area contributed by atoms with E-state index < -0.39 is 6.29 Å². The van der Waals surface area contributed by atoms with E-state index in [0.29, 0.717) is 22.1 Å². The summed E-state index contributed by atoms with van der Waals surface area (Å²) in [4.78, 5) is 21.6. The number of aliphatic hydroxyl groups excluding tert-OH is 1. The number of hydrogen-bond donors (Lipinski definition) is 2. The number of carbonyl (C=O) groups excluding carboxylic acids is 1. The molecule has 0 spiro atoms. The van der Waals surface area contributed by atoms with Gasteiger partial charge in [-0.05, 0) is 45.8 Å². The molecule has 12 heteroatoms. The summed E-state index contributed by atoms with van der Waals surface area (Å²) < 4.78 is 14.6. The molecule has 11 nitrogen and oxygen atoms in total. The number of aryl methyl sites for hydroxylation is 1. The van der Waals surface area contributed by atoms with Gasteiger partial charge >= 0.3 is 0 Å². The third-order valence-electron chi connectivity index (χ3n) is 7.20. The molecule has 0 saturated carbocycles. The van der Waals surface area contributed by atoms with E-state index in [2.05, 4.69) is 37.7 Å². The number of fused-ring (bicyclic) bond motifs is 1. The first-order valence-corrected chi connectivity index (χ1v) is 14.5. The van der Waals surface area contributed by atoms with Gasteiger partial charge in [0, 0.05) is 30.0 Å². The highest BCUT2D eigenvalue weighted by Crippen LogP contribution is 2.43. The first kappa shape index (κ1) is 27.9. The van der Waals surface area contributed by atoms with Gasteiger partial charge in [0.05, 0.1) is 36.0 Å². The topological polar surface area (TPSA) is 137 Å². The van der Waals surface area contributed by atoms with Crippen molar-refractivity contribution in [2.75, 3.05) is 11.1 Å². The number of para-hydroxylation sites is 2. The van der Waals surface area contributed by atoms with Crippen molar-refractivity contribution in [2.45, 2.75) is 37.2 Å². The molecule has 6 rings (SSSR count). The summed E-state index contributed by atoms with van der Waals surface area (Å²) in [5.74, 6) is 0.305. The van der Waals surface area contributed by atoms with E-state index in [-0.39, 0.29) is 36.3 Å². The van der Waals surface area contributed by atoms with Crippen LogP contribution in [0.4, 0.5) is 5.69 Å². The maximum atomic E-state index is 12.9. The first-order chi connectivity index (χ1) is 20.5. The van der Waals surface area contributed by atoms with Crippen LogP contribution in [-0.2, 0) is 23.1 Å². The van der Waals surface area contributed by atoms with E-state index in [1.165, 1.54) is 18.0 Å². The lowest BCUT2D eigenvalue weighted by Crippen LogP contribution is -2.38. The molecule has 0 unspecified atom stereocenters. The first-order valence-electron chi connectivity index (χ1n) is 13.5. The summed E-state index contributed by atoms with van der Waals surface area (Å²) in [6.07, 6.45) is 0.423. The molecule has 0 aliphatic carbocycles. The standard InChI is InChI=1S/C30H29N7O4S/c1-18-26(17-42-30-34-35-36-37(30)2)40-29(41-27(18)20-9-7-19(16-38)8-10-20)21-11-13-22(14-12-21)32-28(39)25-15-31-23-5-3-4-6-24(23)33-25/h3-15,18,26-27,29,38H,16-17H2,1-2H3,(H,32,39)/t18-,26+,27+,29+/m0/s1. The Kier molecular flexibility index (Phi) is 8.20. The minimum atomic E-state index is -0.636. The van der Waals surface area contributed by atoms with Gasteiger partial charge in [0.15, 0.2) is 6.29 Å². The van der Waals surface area contributed by atoms with E-state index in [0.717, 1.165) is 22.2 Å². The Morgan fingerprint density at radius 3 is 2.45 bits per heavy atom. The molecule has 1 aliphatic heterocycles. The molecule has 3 aromatic carbocycles. The van der Waals surface area contributed by atoms with Gasteiger partial charge in [0.1, 0.15) is 5.69 Å². The average molecular weight is 584 g/mol. The number of aromatic nitrogens is 6. The summed E-state index contributed by atoms with van der Waals surface area (Å²) in [5, 5.41) is 24.8. The summed E-state index contributed by atoms with van der Waals surface area (Å²) in [6, 6.07) is 22.6. The van der Waals surface area contributed by atoms with E-state index >= 15 is 0 Å².